The van der Waals surface area contributed by atoms with Crippen LogP contribution in [0.15, 0.2) is 27.5 Å². The van der Waals surface area contributed by atoms with Crippen LogP contribution in [0.4, 0.5) is 4.39 Å². The molecule has 0 bridgehead atoms. The van der Waals surface area contributed by atoms with Gasteiger partial charge >= 0.3 is 0 Å². The van der Waals surface area contributed by atoms with Crippen LogP contribution in [0.2, 0.25) is 0 Å². The lowest BCUT2D eigenvalue weighted by Gasteiger charge is -2.08. The van der Waals surface area contributed by atoms with Crippen LogP contribution >= 0.6 is 15.9 Å². The van der Waals surface area contributed by atoms with Crippen LogP contribution in [0.1, 0.15) is 6.92 Å². The first kappa shape index (κ1) is 11.1. The molecule has 0 spiro atoms. The molecule has 1 N–H and O–H groups in total. The number of hydrogen-bond donors (Lipinski definition) is 1. The van der Waals surface area contributed by atoms with Gasteiger partial charge in [0.1, 0.15) is 0 Å². The van der Waals surface area contributed by atoms with Crippen molar-refractivity contribution in [1.82, 2.24) is 4.98 Å². The van der Waals surface area contributed by atoms with Gasteiger partial charge in [0.15, 0.2) is 5.75 Å². The van der Waals surface area contributed by atoms with E-state index in [4.69, 9.17) is 4.74 Å². The number of halogens is 2. The quantitative estimate of drug-likeness (QED) is 0.922. The molecule has 0 amide bonds. The maximum Gasteiger partial charge on any atom is 0.288 e. The molecule has 0 radical (unpaired) electrons. The highest BCUT2D eigenvalue weighted by atomic mass is 79.9. The summed E-state index contributed by atoms with van der Waals surface area (Å²) in [5.41, 5.74) is -0.224. The summed E-state index contributed by atoms with van der Waals surface area (Å²) >= 11 is 3.28. The van der Waals surface area contributed by atoms with Crippen molar-refractivity contribution in [2.24, 2.45) is 0 Å². The summed E-state index contributed by atoms with van der Waals surface area (Å²) in [6.45, 7) is 2.05. The van der Waals surface area contributed by atoms with Crippen LogP contribution < -0.4 is 10.3 Å². The number of aromatic amines is 1. The average Bonchev–Trinajstić information content (AvgIpc) is 2.24. The summed E-state index contributed by atoms with van der Waals surface area (Å²) < 4.78 is 19.5. The van der Waals surface area contributed by atoms with Crippen molar-refractivity contribution >= 4 is 26.8 Å². The number of aromatic nitrogens is 1. The Kier molecular flexibility index (Phi) is 2.96. The van der Waals surface area contributed by atoms with Gasteiger partial charge in [-0.15, -0.1) is 0 Å². The molecule has 5 heteroatoms. The smallest absolute Gasteiger partial charge is 0.288 e. The summed E-state index contributed by atoms with van der Waals surface area (Å²) in [6, 6.07) is 5.17. The van der Waals surface area contributed by atoms with E-state index in [0.717, 1.165) is 4.47 Å². The van der Waals surface area contributed by atoms with E-state index in [-0.39, 0.29) is 5.75 Å². The molecule has 2 rings (SSSR count). The van der Waals surface area contributed by atoms with E-state index in [9.17, 15) is 9.18 Å². The number of hydrogen-bond acceptors (Lipinski definition) is 2. The summed E-state index contributed by atoms with van der Waals surface area (Å²) in [5, 5.41) is 0.558. The highest BCUT2D eigenvalue weighted by Gasteiger charge is 2.13. The Balaban J connectivity index is 2.83. The molecule has 16 heavy (non-hydrogen) atoms. The molecular formula is C11H9BrFNO2. The van der Waals surface area contributed by atoms with Gasteiger partial charge in [-0.05, 0) is 25.1 Å². The van der Waals surface area contributed by atoms with E-state index in [1.54, 1.807) is 25.1 Å². The van der Waals surface area contributed by atoms with Crippen molar-refractivity contribution in [3.8, 4) is 5.75 Å². The average molecular weight is 286 g/mol. The highest BCUT2D eigenvalue weighted by molar-refractivity contribution is 9.10. The fourth-order valence-corrected chi connectivity index (χ4v) is 1.86. The van der Waals surface area contributed by atoms with Gasteiger partial charge in [-0.2, -0.15) is 4.39 Å². The topological polar surface area (TPSA) is 42.1 Å². The Morgan fingerprint density at radius 2 is 2.25 bits per heavy atom. The molecule has 0 aliphatic rings. The van der Waals surface area contributed by atoms with Crippen molar-refractivity contribution < 1.29 is 9.13 Å². The molecule has 3 nitrogen and oxygen atoms in total. The van der Waals surface area contributed by atoms with Crippen LogP contribution in [0.5, 0.6) is 5.75 Å². The lowest BCUT2D eigenvalue weighted by molar-refractivity contribution is 0.324. The summed E-state index contributed by atoms with van der Waals surface area (Å²) in [4.78, 5) is 13.8. The van der Waals surface area contributed by atoms with E-state index in [0.29, 0.717) is 17.5 Å². The maximum atomic E-state index is 13.5. The monoisotopic (exact) mass is 285 g/mol. The third-order valence-corrected chi connectivity index (χ3v) is 2.66. The van der Waals surface area contributed by atoms with Gasteiger partial charge in [0, 0.05) is 9.86 Å². The van der Waals surface area contributed by atoms with Crippen molar-refractivity contribution in [3.63, 3.8) is 0 Å². The molecule has 1 aromatic carbocycles. The molecule has 0 saturated heterocycles. The van der Waals surface area contributed by atoms with Gasteiger partial charge in [-0.3, -0.25) is 4.79 Å². The highest BCUT2D eigenvalue weighted by Crippen LogP contribution is 2.27. The van der Waals surface area contributed by atoms with Gasteiger partial charge in [0.25, 0.3) is 5.56 Å². The van der Waals surface area contributed by atoms with E-state index in [1.807, 2.05) is 0 Å². The minimum Gasteiger partial charge on any atom is -0.490 e. The van der Waals surface area contributed by atoms with Gasteiger partial charge in [0.05, 0.1) is 12.1 Å². The Labute approximate surface area is 99.4 Å². The zero-order chi connectivity index (χ0) is 11.7. The number of ether oxygens (including phenoxy) is 1. The molecule has 1 aromatic heterocycles. The summed E-state index contributed by atoms with van der Waals surface area (Å²) in [5.74, 6) is -0.870. The first-order chi connectivity index (χ1) is 7.63. The number of nitrogens with one attached hydrogen (secondary N) is 1. The molecule has 84 valence electrons. The zero-order valence-electron chi connectivity index (χ0n) is 8.51. The summed E-state index contributed by atoms with van der Waals surface area (Å²) in [7, 11) is 0. The molecule has 2 aromatic rings. The molecule has 0 aliphatic carbocycles. The second-order valence-electron chi connectivity index (χ2n) is 3.22. The van der Waals surface area contributed by atoms with Gasteiger partial charge in [-0.25, -0.2) is 0 Å². The SMILES string of the molecule is CCOc1c(F)c(=O)[nH]c2cc(Br)ccc12. The number of rotatable bonds is 2. The van der Waals surface area contributed by atoms with Crippen molar-refractivity contribution in [1.29, 1.82) is 0 Å². The molecule has 0 saturated carbocycles. The van der Waals surface area contributed by atoms with Crippen molar-refractivity contribution in [2.45, 2.75) is 6.92 Å². The lowest BCUT2D eigenvalue weighted by Crippen LogP contribution is -2.13. The Morgan fingerprint density at radius 3 is 2.94 bits per heavy atom. The second kappa shape index (κ2) is 4.25. The largest absolute Gasteiger partial charge is 0.490 e. The van der Waals surface area contributed by atoms with Gasteiger partial charge in [-0.1, -0.05) is 15.9 Å². The first-order valence-electron chi connectivity index (χ1n) is 4.77. The van der Waals surface area contributed by atoms with E-state index in [2.05, 4.69) is 20.9 Å². The number of pyridine rings is 1. The van der Waals surface area contributed by atoms with E-state index < -0.39 is 11.4 Å². The predicted molar refractivity (Wildman–Crippen MR) is 63.4 cm³/mol. The number of benzene rings is 1. The molecular weight excluding hydrogens is 277 g/mol. The van der Waals surface area contributed by atoms with Gasteiger partial charge < -0.3 is 9.72 Å². The van der Waals surface area contributed by atoms with Crippen LogP contribution in [-0.4, -0.2) is 11.6 Å². The third-order valence-electron chi connectivity index (χ3n) is 2.16. The van der Waals surface area contributed by atoms with E-state index >= 15 is 0 Å². The van der Waals surface area contributed by atoms with Crippen LogP contribution in [0, 0.1) is 5.82 Å². The minimum absolute atomic E-state index is 0.00810. The maximum absolute atomic E-state index is 13.5. The number of H-pyrrole nitrogens is 1. The number of fused-ring (bicyclic) bond motifs is 1. The second-order valence-corrected chi connectivity index (χ2v) is 4.14. The molecule has 0 atom stereocenters. The molecule has 0 unspecified atom stereocenters. The zero-order valence-corrected chi connectivity index (χ0v) is 10.1. The third kappa shape index (κ3) is 1.82. The van der Waals surface area contributed by atoms with Crippen LogP contribution in [0.25, 0.3) is 10.9 Å². The van der Waals surface area contributed by atoms with Crippen molar-refractivity contribution in [2.75, 3.05) is 6.61 Å². The van der Waals surface area contributed by atoms with E-state index in [1.165, 1.54) is 0 Å². The van der Waals surface area contributed by atoms with Gasteiger partial charge in [0.2, 0.25) is 5.82 Å². The molecule has 0 fully saturated rings. The van der Waals surface area contributed by atoms with Crippen LogP contribution in [0.3, 0.4) is 0 Å². The first-order valence-corrected chi connectivity index (χ1v) is 5.56. The fraction of sp³-hybridized carbons (Fsp3) is 0.182. The summed E-state index contributed by atoms with van der Waals surface area (Å²) in [6.07, 6.45) is 0. The molecule has 1 heterocycles. The Bertz CT molecular complexity index is 594. The minimum atomic E-state index is -0.878. The van der Waals surface area contributed by atoms with Crippen molar-refractivity contribution in [3.05, 3.63) is 38.8 Å². The predicted octanol–water partition coefficient (Wildman–Crippen LogP) is 2.83. The normalized spacial score (nSPS) is 10.7. The molecule has 0 aliphatic heterocycles. The Morgan fingerprint density at radius 1 is 1.50 bits per heavy atom. The standard InChI is InChI=1S/C11H9BrFNO2/c1-2-16-10-7-4-3-6(12)5-8(7)14-11(15)9(10)13/h3-5H,2H2,1H3,(H,14,15). The fourth-order valence-electron chi connectivity index (χ4n) is 1.50. The lowest BCUT2D eigenvalue weighted by atomic mass is 10.2. The Hall–Kier alpha value is -1.36. The van der Waals surface area contributed by atoms with Crippen LogP contribution in [-0.2, 0) is 0 Å².